The van der Waals surface area contributed by atoms with Crippen LogP contribution in [0.15, 0.2) is 42.5 Å². The van der Waals surface area contributed by atoms with Crippen LogP contribution in [-0.2, 0) is 5.41 Å². The van der Waals surface area contributed by atoms with Crippen LogP contribution < -0.4 is 20.1 Å². The largest absolute Gasteiger partial charge is 0.497 e. The van der Waals surface area contributed by atoms with Gasteiger partial charge in [0.2, 0.25) is 0 Å². The van der Waals surface area contributed by atoms with Crippen LogP contribution in [0, 0.1) is 0 Å². The molecule has 5 heteroatoms. The smallest absolute Gasteiger partial charge is 0.175 e. The molecule has 0 spiro atoms. The summed E-state index contributed by atoms with van der Waals surface area (Å²) < 4.78 is 10.6. The van der Waals surface area contributed by atoms with Crippen molar-refractivity contribution in [2.45, 2.75) is 26.2 Å². The molecule has 0 heterocycles. The fourth-order valence-electron chi connectivity index (χ4n) is 2.43. The minimum absolute atomic E-state index is 0.0207. The zero-order chi connectivity index (χ0) is 17.7. The van der Waals surface area contributed by atoms with E-state index in [1.165, 1.54) is 5.56 Å². The van der Waals surface area contributed by atoms with Crippen molar-refractivity contribution in [3.05, 3.63) is 48.0 Å². The molecule has 0 aliphatic carbocycles. The Morgan fingerprint density at radius 2 is 1.58 bits per heavy atom. The van der Waals surface area contributed by atoms with Crippen molar-refractivity contribution < 1.29 is 9.47 Å². The number of nitrogens with one attached hydrogen (secondary N) is 2. The van der Waals surface area contributed by atoms with Crippen molar-refractivity contribution in [3.8, 4) is 11.5 Å². The van der Waals surface area contributed by atoms with Crippen molar-refractivity contribution >= 4 is 28.7 Å². The number of benzene rings is 2. The molecule has 0 amide bonds. The van der Waals surface area contributed by atoms with E-state index in [2.05, 4.69) is 37.5 Å². The molecule has 0 saturated heterocycles. The molecular weight excluding hydrogens is 320 g/mol. The topological polar surface area (TPSA) is 42.5 Å². The van der Waals surface area contributed by atoms with Crippen LogP contribution in [-0.4, -0.2) is 19.3 Å². The third kappa shape index (κ3) is 4.38. The van der Waals surface area contributed by atoms with Gasteiger partial charge in [0.15, 0.2) is 5.11 Å². The summed E-state index contributed by atoms with van der Waals surface area (Å²) in [5, 5.41) is 6.96. The lowest BCUT2D eigenvalue weighted by Gasteiger charge is -2.24. The molecule has 0 unspecified atom stereocenters. The molecule has 2 N–H and O–H groups in total. The second kappa shape index (κ2) is 7.53. The van der Waals surface area contributed by atoms with Crippen LogP contribution in [0.25, 0.3) is 0 Å². The molecule has 4 nitrogen and oxygen atoms in total. The molecule has 0 bridgehead atoms. The first-order chi connectivity index (χ1) is 11.3. The standard InChI is InChI=1S/C19H24N2O2S/c1-19(2,3)14-8-6-7-9-15(14)20-18(24)21-16-12-13(22-4)10-11-17(16)23-5/h6-12H,1-5H3,(H2,20,21,24). The van der Waals surface area contributed by atoms with E-state index in [0.717, 1.165) is 17.1 Å². The Balaban J connectivity index is 2.21. The first kappa shape index (κ1) is 18.1. The van der Waals surface area contributed by atoms with E-state index >= 15 is 0 Å². The quantitative estimate of drug-likeness (QED) is 0.779. The molecule has 0 aliphatic rings. The molecule has 2 rings (SSSR count). The monoisotopic (exact) mass is 344 g/mol. The van der Waals surface area contributed by atoms with Gasteiger partial charge < -0.3 is 20.1 Å². The summed E-state index contributed by atoms with van der Waals surface area (Å²) in [6.45, 7) is 6.53. The number of hydrogen-bond acceptors (Lipinski definition) is 3. The zero-order valence-electron chi connectivity index (χ0n) is 14.8. The van der Waals surface area contributed by atoms with E-state index in [1.807, 2.05) is 36.4 Å². The van der Waals surface area contributed by atoms with Gasteiger partial charge in [-0.25, -0.2) is 0 Å². The number of hydrogen-bond donors (Lipinski definition) is 2. The maximum absolute atomic E-state index is 5.47. The lowest BCUT2D eigenvalue weighted by molar-refractivity contribution is 0.405. The fraction of sp³-hybridized carbons (Fsp3) is 0.316. The van der Waals surface area contributed by atoms with Gasteiger partial charge in [-0.2, -0.15) is 0 Å². The highest BCUT2D eigenvalue weighted by Gasteiger charge is 2.18. The number of anilines is 2. The summed E-state index contributed by atoms with van der Waals surface area (Å²) in [5.74, 6) is 1.43. The average Bonchev–Trinajstić information content (AvgIpc) is 2.54. The third-order valence-corrected chi connectivity index (χ3v) is 3.84. The number of rotatable bonds is 4. The summed E-state index contributed by atoms with van der Waals surface area (Å²) in [4.78, 5) is 0. The number of ether oxygens (including phenoxy) is 2. The van der Waals surface area contributed by atoms with Crippen molar-refractivity contribution in [1.82, 2.24) is 0 Å². The summed E-state index contributed by atoms with van der Waals surface area (Å²) in [6.07, 6.45) is 0. The fourth-order valence-corrected chi connectivity index (χ4v) is 2.65. The number of para-hydroxylation sites is 1. The normalized spacial score (nSPS) is 10.9. The molecule has 2 aromatic carbocycles. The molecule has 0 radical (unpaired) electrons. The molecule has 128 valence electrons. The number of thiocarbonyl (C=S) groups is 1. The predicted molar refractivity (Wildman–Crippen MR) is 105 cm³/mol. The lowest BCUT2D eigenvalue weighted by atomic mass is 9.86. The molecule has 0 aliphatic heterocycles. The summed E-state index contributed by atoms with van der Waals surface area (Å²) in [7, 11) is 3.25. The molecule has 0 atom stereocenters. The van der Waals surface area contributed by atoms with E-state index in [1.54, 1.807) is 14.2 Å². The minimum atomic E-state index is 0.0207. The maximum atomic E-state index is 5.47. The summed E-state index contributed by atoms with van der Waals surface area (Å²) in [6, 6.07) is 13.7. The van der Waals surface area contributed by atoms with Gasteiger partial charge in [0.1, 0.15) is 11.5 Å². The Bertz CT molecular complexity index is 724. The van der Waals surface area contributed by atoms with Crippen molar-refractivity contribution in [3.63, 3.8) is 0 Å². The summed E-state index contributed by atoms with van der Waals surface area (Å²) in [5.41, 5.74) is 2.96. The van der Waals surface area contributed by atoms with Gasteiger partial charge >= 0.3 is 0 Å². The highest BCUT2D eigenvalue weighted by atomic mass is 32.1. The van der Waals surface area contributed by atoms with Gasteiger partial charge in [-0.1, -0.05) is 39.0 Å². The van der Waals surface area contributed by atoms with Crippen LogP contribution in [0.5, 0.6) is 11.5 Å². The van der Waals surface area contributed by atoms with E-state index in [-0.39, 0.29) is 5.41 Å². The van der Waals surface area contributed by atoms with E-state index in [0.29, 0.717) is 10.9 Å². The van der Waals surface area contributed by atoms with Crippen LogP contribution in [0.2, 0.25) is 0 Å². The van der Waals surface area contributed by atoms with Gasteiger partial charge in [0.25, 0.3) is 0 Å². The maximum Gasteiger partial charge on any atom is 0.175 e. The van der Waals surface area contributed by atoms with Crippen LogP contribution in [0.1, 0.15) is 26.3 Å². The van der Waals surface area contributed by atoms with Crippen molar-refractivity contribution in [1.29, 1.82) is 0 Å². The Hall–Kier alpha value is -2.27. The van der Waals surface area contributed by atoms with E-state index < -0.39 is 0 Å². The van der Waals surface area contributed by atoms with Gasteiger partial charge in [-0.05, 0) is 41.4 Å². The van der Waals surface area contributed by atoms with Crippen LogP contribution in [0.3, 0.4) is 0 Å². The second-order valence-corrected chi connectivity index (χ2v) is 6.85. The van der Waals surface area contributed by atoms with Crippen molar-refractivity contribution in [2.24, 2.45) is 0 Å². The van der Waals surface area contributed by atoms with Crippen molar-refractivity contribution in [2.75, 3.05) is 24.9 Å². The van der Waals surface area contributed by atoms with Gasteiger partial charge in [-0.3, -0.25) is 0 Å². The second-order valence-electron chi connectivity index (χ2n) is 6.44. The predicted octanol–water partition coefficient (Wildman–Crippen LogP) is 4.81. The Morgan fingerprint density at radius 1 is 0.917 bits per heavy atom. The van der Waals surface area contributed by atoms with Gasteiger partial charge in [-0.15, -0.1) is 0 Å². The van der Waals surface area contributed by atoms with Crippen LogP contribution in [0.4, 0.5) is 11.4 Å². The molecule has 0 aromatic heterocycles. The Morgan fingerprint density at radius 3 is 2.21 bits per heavy atom. The molecule has 2 aromatic rings. The molecule has 24 heavy (non-hydrogen) atoms. The van der Waals surface area contributed by atoms with E-state index in [4.69, 9.17) is 21.7 Å². The highest BCUT2D eigenvalue weighted by Crippen LogP contribution is 2.31. The van der Waals surface area contributed by atoms with E-state index in [9.17, 15) is 0 Å². The molecular formula is C19H24N2O2S. The number of methoxy groups -OCH3 is 2. The first-order valence-electron chi connectivity index (χ1n) is 7.74. The first-order valence-corrected chi connectivity index (χ1v) is 8.15. The van der Waals surface area contributed by atoms with Gasteiger partial charge in [0.05, 0.1) is 19.9 Å². The minimum Gasteiger partial charge on any atom is -0.497 e. The van der Waals surface area contributed by atoms with Gasteiger partial charge in [0, 0.05) is 11.8 Å². The average molecular weight is 344 g/mol. The zero-order valence-corrected chi connectivity index (χ0v) is 15.6. The summed E-state index contributed by atoms with van der Waals surface area (Å²) >= 11 is 5.47. The molecule has 0 saturated carbocycles. The lowest BCUT2D eigenvalue weighted by Crippen LogP contribution is -2.22. The Labute approximate surface area is 149 Å². The molecule has 0 fully saturated rings. The Kier molecular flexibility index (Phi) is 5.67. The SMILES string of the molecule is COc1ccc(OC)c(NC(=S)Nc2ccccc2C(C)(C)C)c1. The highest BCUT2D eigenvalue weighted by molar-refractivity contribution is 7.80. The van der Waals surface area contributed by atoms with Crippen LogP contribution >= 0.6 is 12.2 Å². The third-order valence-electron chi connectivity index (χ3n) is 3.64.